The summed E-state index contributed by atoms with van der Waals surface area (Å²) in [6.45, 7) is 3.32. The maximum atomic E-state index is 13.0. The van der Waals surface area contributed by atoms with Crippen LogP contribution in [0.15, 0.2) is 24.3 Å². The van der Waals surface area contributed by atoms with Crippen LogP contribution in [0.1, 0.15) is 31.2 Å². The maximum Gasteiger partial charge on any atom is 0.123 e. The second kappa shape index (κ2) is 5.59. The van der Waals surface area contributed by atoms with Crippen LogP contribution in [0.5, 0.6) is 0 Å². The average molecular weight is 262 g/mol. The van der Waals surface area contributed by atoms with E-state index in [9.17, 15) is 4.39 Å². The molecule has 2 aliphatic rings. The van der Waals surface area contributed by atoms with E-state index in [1.807, 2.05) is 12.1 Å². The molecule has 1 saturated carbocycles. The second-order valence-electron chi connectivity index (χ2n) is 6.21. The molecule has 104 valence electrons. The van der Waals surface area contributed by atoms with Crippen LogP contribution >= 0.6 is 0 Å². The lowest BCUT2D eigenvalue weighted by atomic mass is 9.74. The van der Waals surface area contributed by atoms with E-state index >= 15 is 0 Å². The van der Waals surface area contributed by atoms with E-state index in [-0.39, 0.29) is 5.82 Å². The lowest BCUT2D eigenvalue weighted by Gasteiger charge is -2.38. The monoisotopic (exact) mass is 262 g/mol. The number of halogens is 1. The zero-order chi connectivity index (χ0) is 13.1. The molecule has 0 spiro atoms. The standard InChI is InChI=1S/C16H23FN2/c17-14-3-1-13(2-4-14)11-16(7-9-18-10-8-16)12-19-15-5-6-15/h1-4,15,18-19H,5-12H2. The molecule has 2 nitrogen and oxygen atoms in total. The van der Waals surface area contributed by atoms with Gasteiger partial charge in [0.25, 0.3) is 0 Å². The molecule has 0 atom stereocenters. The number of rotatable bonds is 5. The van der Waals surface area contributed by atoms with E-state index in [0.29, 0.717) is 5.41 Å². The molecule has 3 heteroatoms. The Morgan fingerprint density at radius 3 is 2.47 bits per heavy atom. The molecular weight excluding hydrogens is 239 g/mol. The molecule has 0 amide bonds. The van der Waals surface area contributed by atoms with Crippen molar-refractivity contribution in [2.45, 2.75) is 38.1 Å². The van der Waals surface area contributed by atoms with Gasteiger partial charge >= 0.3 is 0 Å². The fraction of sp³-hybridized carbons (Fsp3) is 0.625. The minimum atomic E-state index is -0.140. The van der Waals surface area contributed by atoms with Gasteiger partial charge in [-0.1, -0.05) is 12.1 Å². The van der Waals surface area contributed by atoms with Crippen molar-refractivity contribution in [2.75, 3.05) is 19.6 Å². The molecule has 3 rings (SSSR count). The van der Waals surface area contributed by atoms with E-state index in [1.54, 1.807) is 12.1 Å². The molecular formula is C16H23FN2. The Hall–Kier alpha value is -0.930. The van der Waals surface area contributed by atoms with Gasteiger partial charge in [0.15, 0.2) is 0 Å². The van der Waals surface area contributed by atoms with Gasteiger partial charge in [-0.2, -0.15) is 0 Å². The first-order chi connectivity index (χ1) is 9.26. The lowest BCUT2D eigenvalue weighted by Crippen LogP contribution is -2.45. The Morgan fingerprint density at radius 2 is 1.84 bits per heavy atom. The lowest BCUT2D eigenvalue weighted by molar-refractivity contribution is 0.191. The summed E-state index contributed by atoms with van der Waals surface area (Å²) >= 11 is 0. The molecule has 2 N–H and O–H groups in total. The summed E-state index contributed by atoms with van der Waals surface area (Å²) in [4.78, 5) is 0. The van der Waals surface area contributed by atoms with Crippen LogP contribution in [0.3, 0.4) is 0 Å². The van der Waals surface area contributed by atoms with Crippen molar-refractivity contribution in [3.8, 4) is 0 Å². The molecule has 1 aromatic rings. The Balaban J connectivity index is 1.68. The van der Waals surface area contributed by atoms with Crippen molar-refractivity contribution in [3.63, 3.8) is 0 Å². The summed E-state index contributed by atoms with van der Waals surface area (Å²) in [6, 6.07) is 7.81. The molecule has 1 aliphatic carbocycles. The van der Waals surface area contributed by atoms with Crippen LogP contribution in [0, 0.1) is 11.2 Å². The highest BCUT2D eigenvalue weighted by molar-refractivity contribution is 5.18. The maximum absolute atomic E-state index is 13.0. The molecule has 1 saturated heterocycles. The van der Waals surface area contributed by atoms with Gasteiger partial charge in [-0.3, -0.25) is 0 Å². The summed E-state index contributed by atoms with van der Waals surface area (Å²) in [5.41, 5.74) is 1.62. The van der Waals surface area contributed by atoms with Crippen LogP contribution in [0.2, 0.25) is 0 Å². The number of piperidine rings is 1. The highest BCUT2D eigenvalue weighted by Crippen LogP contribution is 2.33. The van der Waals surface area contributed by atoms with E-state index in [1.165, 1.54) is 31.2 Å². The quantitative estimate of drug-likeness (QED) is 0.852. The first-order valence-corrected chi connectivity index (χ1v) is 7.44. The fourth-order valence-electron chi connectivity index (χ4n) is 3.06. The van der Waals surface area contributed by atoms with E-state index in [0.717, 1.165) is 32.1 Å². The Labute approximate surface area is 114 Å². The van der Waals surface area contributed by atoms with Gasteiger partial charge in [0.1, 0.15) is 5.82 Å². The van der Waals surface area contributed by atoms with E-state index < -0.39 is 0 Å². The first-order valence-electron chi connectivity index (χ1n) is 7.44. The van der Waals surface area contributed by atoms with Gasteiger partial charge in [0.2, 0.25) is 0 Å². The third-order valence-electron chi connectivity index (χ3n) is 4.50. The highest BCUT2D eigenvalue weighted by Gasteiger charge is 2.34. The van der Waals surface area contributed by atoms with Gasteiger partial charge in [0, 0.05) is 12.6 Å². The molecule has 0 radical (unpaired) electrons. The summed E-state index contributed by atoms with van der Waals surface area (Å²) in [6.07, 6.45) is 6.17. The minimum Gasteiger partial charge on any atom is -0.317 e. The summed E-state index contributed by atoms with van der Waals surface area (Å²) in [5, 5.41) is 7.15. The molecule has 1 aliphatic heterocycles. The third-order valence-corrected chi connectivity index (χ3v) is 4.50. The third kappa shape index (κ3) is 3.54. The van der Waals surface area contributed by atoms with Crippen LogP contribution in [-0.4, -0.2) is 25.7 Å². The van der Waals surface area contributed by atoms with Crippen LogP contribution < -0.4 is 10.6 Å². The predicted octanol–water partition coefficient (Wildman–Crippen LogP) is 2.49. The molecule has 0 unspecified atom stereocenters. The molecule has 0 aromatic heterocycles. The Kier molecular flexibility index (Phi) is 3.85. The number of hydrogen-bond donors (Lipinski definition) is 2. The highest BCUT2D eigenvalue weighted by atomic mass is 19.1. The average Bonchev–Trinajstić information content (AvgIpc) is 3.25. The van der Waals surface area contributed by atoms with Crippen molar-refractivity contribution >= 4 is 0 Å². The summed E-state index contributed by atoms with van der Waals surface area (Å²) in [5.74, 6) is -0.140. The van der Waals surface area contributed by atoms with E-state index in [4.69, 9.17) is 0 Å². The number of benzene rings is 1. The Bertz CT molecular complexity index is 405. The van der Waals surface area contributed by atoms with Gasteiger partial charge in [-0.05, 0) is 68.3 Å². The van der Waals surface area contributed by atoms with Crippen molar-refractivity contribution in [2.24, 2.45) is 5.41 Å². The first kappa shape index (κ1) is 13.1. The topological polar surface area (TPSA) is 24.1 Å². The zero-order valence-electron chi connectivity index (χ0n) is 11.4. The van der Waals surface area contributed by atoms with E-state index in [2.05, 4.69) is 10.6 Å². The van der Waals surface area contributed by atoms with Crippen molar-refractivity contribution in [1.29, 1.82) is 0 Å². The predicted molar refractivity (Wildman–Crippen MR) is 75.7 cm³/mol. The molecule has 19 heavy (non-hydrogen) atoms. The summed E-state index contributed by atoms with van der Waals surface area (Å²) in [7, 11) is 0. The molecule has 1 aromatic carbocycles. The van der Waals surface area contributed by atoms with Crippen LogP contribution in [-0.2, 0) is 6.42 Å². The molecule has 0 bridgehead atoms. The van der Waals surface area contributed by atoms with Gasteiger partial charge < -0.3 is 10.6 Å². The number of hydrogen-bond acceptors (Lipinski definition) is 2. The SMILES string of the molecule is Fc1ccc(CC2(CNC3CC3)CCNCC2)cc1. The second-order valence-corrected chi connectivity index (χ2v) is 6.21. The van der Waals surface area contributed by atoms with Crippen molar-refractivity contribution in [1.82, 2.24) is 10.6 Å². The van der Waals surface area contributed by atoms with Gasteiger partial charge in [-0.15, -0.1) is 0 Å². The molecule has 1 heterocycles. The normalized spacial score (nSPS) is 22.4. The summed E-state index contributed by atoms with van der Waals surface area (Å²) < 4.78 is 13.0. The zero-order valence-corrected chi connectivity index (χ0v) is 11.4. The Morgan fingerprint density at radius 1 is 1.16 bits per heavy atom. The van der Waals surface area contributed by atoms with Crippen LogP contribution in [0.25, 0.3) is 0 Å². The van der Waals surface area contributed by atoms with Crippen LogP contribution in [0.4, 0.5) is 4.39 Å². The largest absolute Gasteiger partial charge is 0.317 e. The van der Waals surface area contributed by atoms with Crippen molar-refractivity contribution < 1.29 is 4.39 Å². The molecule has 2 fully saturated rings. The smallest absolute Gasteiger partial charge is 0.123 e. The number of nitrogens with one attached hydrogen (secondary N) is 2. The van der Waals surface area contributed by atoms with Gasteiger partial charge in [-0.25, -0.2) is 4.39 Å². The van der Waals surface area contributed by atoms with Crippen molar-refractivity contribution in [3.05, 3.63) is 35.6 Å². The minimum absolute atomic E-state index is 0.140. The van der Waals surface area contributed by atoms with Gasteiger partial charge in [0.05, 0.1) is 0 Å². The fourth-order valence-corrected chi connectivity index (χ4v) is 3.06.